The van der Waals surface area contributed by atoms with Crippen LogP contribution < -0.4 is 16.4 Å². The summed E-state index contributed by atoms with van der Waals surface area (Å²) < 4.78 is 0. The van der Waals surface area contributed by atoms with Gasteiger partial charge in [0.15, 0.2) is 0 Å². The maximum absolute atomic E-state index is 14.2. The second-order valence-corrected chi connectivity index (χ2v) is 12.9. The van der Waals surface area contributed by atoms with Crippen LogP contribution in [0.4, 0.5) is 0 Å². The molecular formula is C37H51N5O3. The third-order valence-electron chi connectivity index (χ3n) is 7.80. The number of fused-ring (bicyclic) bond motifs is 1. The number of nitrogens with zero attached hydrogens (tertiary/aromatic N) is 2. The van der Waals surface area contributed by atoms with Crippen LogP contribution in [-0.4, -0.2) is 79.9 Å². The van der Waals surface area contributed by atoms with Crippen molar-refractivity contribution in [2.24, 2.45) is 11.7 Å². The van der Waals surface area contributed by atoms with Crippen molar-refractivity contribution in [1.82, 2.24) is 20.4 Å². The van der Waals surface area contributed by atoms with Gasteiger partial charge in [0, 0.05) is 32.1 Å². The molecule has 242 valence electrons. The van der Waals surface area contributed by atoms with Gasteiger partial charge in [0.2, 0.25) is 17.7 Å². The number of unbranched alkanes of at least 4 members (excludes halogenated alkanes) is 1. The van der Waals surface area contributed by atoms with E-state index in [-0.39, 0.29) is 24.3 Å². The highest BCUT2D eigenvalue weighted by Crippen LogP contribution is 2.20. The zero-order chi connectivity index (χ0) is 32.8. The van der Waals surface area contributed by atoms with E-state index in [9.17, 15) is 14.4 Å². The van der Waals surface area contributed by atoms with Crippen molar-refractivity contribution in [3.63, 3.8) is 0 Å². The predicted molar refractivity (Wildman–Crippen MR) is 184 cm³/mol. The van der Waals surface area contributed by atoms with E-state index in [4.69, 9.17) is 5.73 Å². The predicted octanol–water partition coefficient (Wildman–Crippen LogP) is 4.33. The minimum Gasteiger partial charge on any atom is -0.354 e. The molecule has 0 aliphatic heterocycles. The Morgan fingerprint density at radius 1 is 0.844 bits per heavy atom. The van der Waals surface area contributed by atoms with E-state index in [1.807, 2.05) is 88.6 Å². The van der Waals surface area contributed by atoms with Crippen molar-refractivity contribution in [3.8, 4) is 0 Å². The summed E-state index contributed by atoms with van der Waals surface area (Å²) in [6.45, 7) is 5.42. The number of benzene rings is 3. The first-order valence-electron chi connectivity index (χ1n) is 15.9. The summed E-state index contributed by atoms with van der Waals surface area (Å²) >= 11 is 0. The molecule has 2 atom stereocenters. The molecule has 0 radical (unpaired) electrons. The van der Waals surface area contributed by atoms with Gasteiger partial charge >= 0.3 is 0 Å². The van der Waals surface area contributed by atoms with Crippen LogP contribution >= 0.6 is 0 Å². The second kappa shape index (κ2) is 17.5. The lowest BCUT2D eigenvalue weighted by Crippen LogP contribution is -2.52. The largest absolute Gasteiger partial charge is 0.354 e. The summed E-state index contributed by atoms with van der Waals surface area (Å²) in [6.07, 6.45) is 6.39. The summed E-state index contributed by atoms with van der Waals surface area (Å²) in [5.41, 5.74) is 7.57. The molecule has 0 heterocycles. The molecule has 3 aromatic rings. The Labute approximate surface area is 269 Å². The van der Waals surface area contributed by atoms with Crippen LogP contribution in [-0.2, 0) is 27.2 Å². The molecule has 0 saturated heterocycles. The summed E-state index contributed by atoms with van der Waals surface area (Å²) in [5, 5.41) is 8.19. The Morgan fingerprint density at radius 3 is 2.22 bits per heavy atom. The van der Waals surface area contributed by atoms with Gasteiger partial charge < -0.3 is 26.2 Å². The van der Waals surface area contributed by atoms with Crippen molar-refractivity contribution < 1.29 is 14.4 Å². The molecule has 0 aromatic heterocycles. The molecule has 3 aromatic carbocycles. The molecule has 8 nitrogen and oxygen atoms in total. The van der Waals surface area contributed by atoms with Gasteiger partial charge in [0.1, 0.15) is 6.04 Å². The van der Waals surface area contributed by atoms with Crippen LogP contribution in [0.2, 0.25) is 0 Å². The number of hydrogen-bond acceptors (Lipinski definition) is 5. The number of rotatable bonds is 17. The second-order valence-electron chi connectivity index (χ2n) is 12.9. The first-order chi connectivity index (χ1) is 21.4. The standard InChI is InChI=1S/C37H51N5O3/c1-37(2,38)21-13-18-34(43)40-27-32(25-29-19-20-30-16-9-10-17-31(30)24-29)36(45)42(5)33(26-28-14-7-6-8-15-28)35(44)39-22-11-12-23-41(3)4/h6-10,13-20,24,32-33H,11-12,21-23,25-27,38H2,1-5H3,(H,39,44)(H,40,43)/t32-,33-/m1/s1. The van der Waals surface area contributed by atoms with Crippen molar-refractivity contribution >= 4 is 28.5 Å². The van der Waals surface area contributed by atoms with E-state index in [1.54, 1.807) is 18.0 Å². The fourth-order valence-electron chi connectivity index (χ4n) is 5.22. The van der Waals surface area contributed by atoms with E-state index >= 15 is 0 Å². The zero-order valence-electron chi connectivity index (χ0n) is 27.6. The third-order valence-corrected chi connectivity index (χ3v) is 7.80. The van der Waals surface area contributed by atoms with E-state index in [0.29, 0.717) is 25.8 Å². The van der Waals surface area contributed by atoms with Gasteiger partial charge in [-0.15, -0.1) is 0 Å². The third kappa shape index (κ3) is 12.5. The van der Waals surface area contributed by atoms with Gasteiger partial charge in [-0.25, -0.2) is 0 Å². The van der Waals surface area contributed by atoms with Gasteiger partial charge in [-0.1, -0.05) is 78.9 Å². The van der Waals surface area contributed by atoms with Crippen LogP contribution in [0.15, 0.2) is 84.9 Å². The van der Waals surface area contributed by atoms with Gasteiger partial charge in [-0.3, -0.25) is 14.4 Å². The Hall–Kier alpha value is -4.01. The lowest BCUT2D eigenvalue weighted by molar-refractivity contribution is -0.142. The van der Waals surface area contributed by atoms with E-state index in [0.717, 1.165) is 41.3 Å². The van der Waals surface area contributed by atoms with E-state index in [1.165, 1.54) is 6.08 Å². The molecule has 4 N–H and O–H groups in total. The van der Waals surface area contributed by atoms with Crippen LogP contribution in [0.5, 0.6) is 0 Å². The zero-order valence-corrected chi connectivity index (χ0v) is 27.6. The Balaban J connectivity index is 1.81. The molecule has 3 rings (SSSR count). The van der Waals surface area contributed by atoms with Gasteiger partial charge in [0.25, 0.3) is 0 Å². The quantitative estimate of drug-likeness (QED) is 0.155. The average molecular weight is 614 g/mol. The molecule has 8 heteroatoms. The number of nitrogens with one attached hydrogen (secondary N) is 2. The normalized spacial score (nSPS) is 13.1. The highest BCUT2D eigenvalue weighted by molar-refractivity contribution is 5.90. The smallest absolute Gasteiger partial charge is 0.243 e. The lowest BCUT2D eigenvalue weighted by atomic mass is 9.94. The molecule has 0 spiro atoms. The van der Waals surface area contributed by atoms with Crippen molar-refractivity contribution in [2.75, 3.05) is 40.8 Å². The molecule has 0 fully saturated rings. The minimum absolute atomic E-state index is 0.134. The number of carbonyl (C=O) groups is 3. The van der Waals surface area contributed by atoms with Crippen LogP contribution in [0.1, 0.15) is 44.2 Å². The molecule has 3 amide bonds. The molecule has 45 heavy (non-hydrogen) atoms. The SMILES string of the molecule is CN(C)CCCCNC(=O)[C@@H](Cc1ccccc1)N(C)C(=O)[C@@H](CNC(=O)C=CCC(C)(C)N)Cc1ccc2ccccc2c1. The molecule has 0 saturated carbocycles. The first-order valence-corrected chi connectivity index (χ1v) is 15.9. The average Bonchev–Trinajstić information content (AvgIpc) is 3.00. The topological polar surface area (TPSA) is 108 Å². The van der Waals surface area contributed by atoms with Crippen LogP contribution in [0.3, 0.4) is 0 Å². The number of likely N-dealkylation sites (N-methyl/N-ethyl adjacent to an activating group) is 1. The minimum atomic E-state index is -0.699. The first kappa shape index (κ1) is 35.5. The monoisotopic (exact) mass is 613 g/mol. The molecule has 0 aliphatic rings. The van der Waals surface area contributed by atoms with Gasteiger partial charge in [-0.05, 0) is 88.1 Å². The molecular weight excluding hydrogens is 562 g/mol. The highest BCUT2D eigenvalue weighted by Gasteiger charge is 2.32. The van der Waals surface area contributed by atoms with Crippen LogP contribution in [0.25, 0.3) is 10.8 Å². The van der Waals surface area contributed by atoms with Crippen molar-refractivity contribution in [1.29, 1.82) is 0 Å². The summed E-state index contributed by atoms with van der Waals surface area (Å²) in [5.74, 6) is -1.24. The summed E-state index contributed by atoms with van der Waals surface area (Å²) in [7, 11) is 5.76. The Bertz CT molecular complexity index is 1410. The maximum Gasteiger partial charge on any atom is 0.243 e. The number of nitrogens with two attached hydrogens (primary N) is 1. The Kier molecular flexibility index (Phi) is 13.8. The summed E-state index contributed by atoms with van der Waals surface area (Å²) in [6, 6.07) is 23.3. The number of carbonyl (C=O) groups excluding carboxylic acids is 3. The lowest BCUT2D eigenvalue weighted by Gasteiger charge is -2.31. The van der Waals surface area contributed by atoms with Crippen molar-refractivity contribution in [2.45, 2.75) is 57.5 Å². The summed E-state index contributed by atoms with van der Waals surface area (Å²) in [4.78, 5) is 44.2. The van der Waals surface area contributed by atoms with E-state index < -0.39 is 17.5 Å². The van der Waals surface area contributed by atoms with Crippen molar-refractivity contribution in [3.05, 3.63) is 96.1 Å². The van der Waals surface area contributed by atoms with E-state index in [2.05, 4.69) is 27.7 Å². The van der Waals surface area contributed by atoms with Crippen LogP contribution in [0, 0.1) is 5.92 Å². The maximum atomic E-state index is 14.2. The Morgan fingerprint density at radius 2 is 1.53 bits per heavy atom. The highest BCUT2D eigenvalue weighted by atomic mass is 16.2. The fourth-order valence-corrected chi connectivity index (χ4v) is 5.22. The fraction of sp³-hybridized carbons (Fsp3) is 0.432. The molecule has 0 unspecified atom stereocenters. The molecule has 0 aliphatic carbocycles. The molecule has 0 bridgehead atoms. The number of amides is 3. The van der Waals surface area contributed by atoms with Gasteiger partial charge in [-0.2, -0.15) is 0 Å². The van der Waals surface area contributed by atoms with Gasteiger partial charge in [0.05, 0.1) is 5.92 Å². The number of hydrogen-bond donors (Lipinski definition) is 3.